The Kier molecular flexibility index (Phi) is 2.12. The number of amides is 1. The maximum atomic E-state index is 12.5. The molecule has 0 saturated heterocycles. The van der Waals surface area contributed by atoms with Crippen molar-refractivity contribution in [2.75, 3.05) is 11.6 Å². The van der Waals surface area contributed by atoms with Gasteiger partial charge in [0.15, 0.2) is 0 Å². The molecule has 0 radical (unpaired) electrons. The average molecular weight is 278 g/mol. The molecule has 2 aliphatic heterocycles. The molecule has 19 heavy (non-hydrogen) atoms. The molecule has 0 aromatic carbocycles. The number of ether oxygens (including phenoxy) is 1. The Morgan fingerprint density at radius 2 is 2.21 bits per heavy atom. The number of hydrogen-bond acceptors (Lipinski definition) is 6. The molecule has 0 spiro atoms. The molecule has 0 aliphatic carbocycles. The third kappa shape index (κ3) is 1.36. The quantitative estimate of drug-likeness (QED) is 0.530. The maximum absolute atomic E-state index is 12.5. The number of rotatable bonds is 0. The maximum Gasteiger partial charge on any atom is 0.264 e. The van der Waals surface area contributed by atoms with Gasteiger partial charge in [0.05, 0.1) is 18.6 Å². The van der Waals surface area contributed by atoms with E-state index < -0.39 is 0 Å². The summed E-state index contributed by atoms with van der Waals surface area (Å²) in [6.45, 7) is 1.10. The van der Waals surface area contributed by atoms with Gasteiger partial charge in [0.1, 0.15) is 11.4 Å². The largest absolute Gasteiger partial charge is 0.376 e. The molecule has 0 fully saturated rings. The average Bonchev–Trinajstić information content (AvgIpc) is 2.91. The van der Waals surface area contributed by atoms with Crippen LogP contribution in [0.2, 0.25) is 0 Å². The first kappa shape index (κ1) is 11.1. The predicted octanol–water partition coefficient (Wildman–Crippen LogP) is -0.249. The molecule has 0 bridgehead atoms. The molecule has 0 unspecified atom stereocenters. The van der Waals surface area contributed by atoms with Crippen LogP contribution in [0.25, 0.3) is 10.2 Å². The molecule has 7 nitrogen and oxygen atoms in total. The molecule has 0 atom stereocenters. The van der Waals surface area contributed by atoms with E-state index in [4.69, 9.17) is 10.6 Å². The van der Waals surface area contributed by atoms with Gasteiger partial charge >= 0.3 is 0 Å². The zero-order chi connectivity index (χ0) is 13.1. The van der Waals surface area contributed by atoms with E-state index in [1.807, 2.05) is 0 Å². The Morgan fingerprint density at radius 1 is 1.37 bits per heavy atom. The smallest absolute Gasteiger partial charge is 0.264 e. The highest BCUT2D eigenvalue weighted by atomic mass is 32.1. The zero-order valence-electron chi connectivity index (χ0n) is 9.88. The van der Waals surface area contributed by atoms with Crippen LogP contribution in [0.15, 0.2) is 4.79 Å². The van der Waals surface area contributed by atoms with Crippen LogP contribution in [0.4, 0.5) is 5.95 Å². The van der Waals surface area contributed by atoms with Gasteiger partial charge in [-0.25, -0.2) is 15.8 Å². The molecule has 2 aromatic rings. The number of carbonyl (C=O) groups is 1. The summed E-state index contributed by atoms with van der Waals surface area (Å²) in [5, 5.41) is 1.56. The molecule has 1 amide bonds. The van der Waals surface area contributed by atoms with Crippen LogP contribution < -0.4 is 16.4 Å². The van der Waals surface area contributed by atoms with Gasteiger partial charge in [-0.3, -0.25) is 14.2 Å². The van der Waals surface area contributed by atoms with Crippen LogP contribution in [0.1, 0.15) is 10.4 Å². The number of carbonyl (C=O) groups excluding carboxylic acids is 1. The van der Waals surface area contributed by atoms with E-state index in [0.29, 0.717) is 29.9 Å². The topological polar surface area (TPSA) is 90.5 Å². The van der Waals surface area contributed by atoms with Gasteiger partial charge in [-0.2, -0.15) is 0 Å². The second kappa shape index (κ2) is 3.62. The van der Waals surface area contributed by atoms with Gasteiger partial charge in [0, 0.05) is 4.88 Å². The zero-order valence-corrected chi connectivity index (χ0v) is 10.7. The fourth-order valence-corrected chi connectivity index (χ4v) is 3.69. The fraction of sp³-hybridized carbons (Fsp3) is 0.364. The lowest BCUT2D eigenvalue weighted by atomic mass is 10.1. The van der Waals surface area contributed by atoms with Crippen molar-refractivity contribution in [3.8, 4) is 0 Å². The number of aromatic nitrogens is 2. The minimum absolute atomic E-state index is 0.0330. The van der Waals surface area contributed by atoms with Gasteiger partial charge in [0.25, 0.3) is 11.5 Å². The van der Waals surface area contributed by atoms with Gasteiger partial charge in [0.2, 0.25) is 5.95 Å². The Hall–Kier alpha value is -1.77. The lowest BCUT2D eigenvalue weighted by Crippen LogP contribution is -2.34. The highest BCUT2D eigenvalue weighted by Gasteiger charge is 2.30. The highest BCUT2D eigenvalue weighted by Crippen LogP contribution is 2.33. The van der Waals surface area contributed by atoms with Crippen molar-refractivity contribution in [3.05, 3.63) is 20.8 Å². The molecule has 4 heterocycles. The summed E-state index contributed by atoms with van der Waals surface area (Å²) in [5.41, 5.74) is 0.836. The van der Waals surface area contributed by atoms with E-state index in [9.17, 15) is 9.59 Å². The second-order valence-corrected chi connectivity index (χ2v) is 5.64. The molecule has 8 heteroatoms. The normalized spacial score (nSPS) is 17.9. The first-order chi connectivity index (χ1) is 9.16. The fourth-order valence-electron chi connectivity index (χ4n) is 2.54. The molecule has 4 rings (SSSR count). The Morgan fingerprint density at radius 3 is 3.05 bits per heavy atom. The van der Waals surface area contributed by atoms with Crippen LogP contribution in [-0.2, 0) is 29.1 Å². The Balaban J connectivity index is 2.08. The van der Waals surface area contributed by atoms with Gasteiger partial charge < -0.3 is 4.74 Å². The number of fused-ring (bicyclic) bond motifs is 4. The van der Waals surface area contributed by atoms with E-state index in [1.54, 1.807) is 0 Å². The molecule has 2 aromatic heterocycles. The standard InChI is InChI=1S/C11H10N4O3S/c12-15-7(16)3-14-10(17)8-5-1-2-18-4-6(5)19-9(8)13-11(14)15/h1-4,12H2. The minimum Gasteiger partial charge on any atom is -0.376 e. The predicted molar refractivity (Wildman–Crippen MR) is 68.9 cm³/mol. The molecule has 98 valence electrons. The third-order valence-corrected chi connectivity index (χ3v) is 4.58. The molecular weight excluding hydrogens is 268 g/mol. The van der Waals surface area contributed by atoms with Crippen LogP contribution in [0.5, 0.6) is 0 Å². The first-order valence-corrected chi connectivity index (χ1v) is 6.69. The number of anilines is 1. The summed E-state index contributed by atoms with van der Waals surface area (Å²) in [6, 6.07) is 0. The first-order valence-electron chi connectivity index (χ1n) is 5.87. The van der Waals surface area contributed by atoms with E-state index in [-0.39, 0.29) is 24.0 Å². The van der Waals surface area contributed by atoms with E-state index >= 15 is 0 Å². The molecular formula is C11H10N4O3S. The monoisotopic (exact) mass is 278 g/mol. The number of nitrogens with two attached hydrogens (primary N) is 1. The lowest BCUT2D eigenvalue weighted by molar-refractivity contribution is -0.118. The lowest BCUT2D eigenvalue weighted by Gasteiger charge is -2.11. The molecule has 2 N–H and O–H groups in total. The van der Waals surface area contributed by atoms with Crippen molar-refractivity contribution in [2.45, 2.75) is 19.6 Å². The van der Waals surface area contributed by atoms with Crippen molar-refractivity contribution in [1.29, 1.82) is 0 Å². The van der Waals surface area contributed by atoms with E-state index in [1.165, 1.54) is 15.9 Å². The molecule has 2 aliphatic rings. The third-order valence-electron chi connectivity index (χ3n) is 3.48. The van der Waals surface area contributed by atoms with Crippen LogP contribution >= 0.6 is 11.3 Å². The van der Waals surface area contributed by atoms with Gasteiger partial charge in [-0.05, 0) is 12.0 Å². The number of nitrogens with zero attached hydrogens (tertiary/aromatic N) is 3. The summed E-state index contributed by atoms with van der Waals surface area (Å²) >= 11 is 1.44. The van der Waals surface area contributed by atoms with Crippen LogP contribution in [0, 0.1) is 0 Å². The van der Waals surface area contributed by atoms with Crippen molar-refractivity contribution in [3.63, 3.8) is 0 Å². The number of thiophene rings is 1. The van der Waals surface area contributed by atoms with Crippen molar-refractivity contribution in [1.82, 2.24) is 9.55 Å². The van der Waals surface area contributed by atoms with Crippen LogP contribution in [-0.4, -0.2) is 22.1 Å². The summed E-state index contributed by atoms with van der Waals surface area (Å²) in [5.74, 6) is 5.52. The number of hydrazine groups is 1. The summed E-state index contributed by atoms with van der Waals surface area (Å²) in [4.78, 5) is 30.1. The van der Waals surface area contributed by atoms with Crippen molar-refractivity contribution < 1.29 is 9.53 Å². The van der Waals surface area contributed by atoms with E-state index in [0.717, 1.165) is 15.4 Å². The Bertz CT molecular complexity index is 778. The minimum atomic E-state index is -0.320. The molecule has 0 saturated carbocycles. The summed E-state index contributed by atoms with van der Waals surface area (Å²) < 4.78 is 6.73. The van der Waals surface area contributed by atoms with Gasteiger partial charge in [-0.1, -0.05) is 0 Å². The van der Waals surface area contributed by atoms with Crippen molar-refractivity contribution >= 4 is 33.4 Å². The van der Waals surface area contributed by atoms with Crippen LogP contribution in [0.3, 0.4) is 0 Å². The second-order valence-electron chi connectivity index (χ2n) is 4.55. The Labute approximate surface area is 111 Å². The summed E-state index contributed by atoms with van der Waals surface area (Å²) in [7, 11) is 0. The number of hydrogen-bond donors (Lipinski definition) is 1. The van der Waals surface area contributed by atoms with Crippen molar-refractivity contribution in [2.24, 2.45) is 5.84 Å². The highest BCUT2D eigenvalue weighted by molar-refractivity contribution is 7.18. The summed E-state index contributed by atoms with van der Waals surface area (Å²) in [6.07, 6.45) is 0.714. The SMILES string of the molecule is NN1C(=O)Cn2c1nc1sc3c(c1c2=O)CCOC3. The van der Waals surface area contributed by atoms with Gasteiger partial charge in [-0.15, -0.1) is 11.3 Å². The van der Waals surface area contributed by atoms with E-state index in [2.05, 4.69) is 4.98 Å².